The topological polar surface area (TPSA) is 110 Å². The molecule has 122 valence electrons. The molecule has 0 radical (unpaired) electrons. The zero-order valence-electron chi connectivity index (χ0n) is 14.0. The van der Waals surface area contributed by atoms with Gasteiger partial charge in [-0.15, -0.1) is 0 Å². The molecule has 1 aliphatic rings. The lowest BCUT2D eigenvalue weighted by Crippen LogP contribution is -2.27. The van der Waals surface area contributed by atoms with E-state index in [-0.39, 0.29) is 34.8 Å². The van der Waals surface area contributed by atoms with Gasteiger partial charge in [0, 0.05) is 0 Å². The second-order valence-corrected chi connectivity index (χ2v) is 6.97. The highest BCUT2D eigenvalue weighted by molar-refractivity contribution is 6.07. The molecule has 5 N–H and O–H groups in total. The molecule has 3 rings (SSSR count). The molecule has 2 aromatic rings. The summed E-state index contributed by atoms with van der Waals surface area (Å²) >= 11 is 0. The summed E-state index contributed by atoms with van der Waals surface area (Å²) in [5.74, 6) is 0.600. The number of carbonyl (C=O) groups excluding carboxylic acids is 1. The number of nitrogens with two attached hydrogens (primary N) is 2. The van der Waals surface area contributed by atoms with Crippen molar-refractivity contribution < 1.29 is 9.78 Å². The van der Waals surface area contributed by atoms with E-state index in [4.69, 9.17) is 16.7 Å². The van der Waals surface area contributed by atoms with E-state index in [1.807, 2.05) is 30.3 Å². The van der Waals surface area contributed by atoms with Crippen molar-refractivity contribution in [2.75, 3.05) is 16.4 Å². The fraction of sp³-hybridized carbons (Fsp3) is 0.278. The van der Waals surface area contributed by atoms with Crippen LogP contribution in [0.25, 0.3) is 0 Å². The quantitative estimate of drug-likeness (QED) is 0.837. The van der Waals surface area contributed by atoms with Gasteiger partial charge in [-0.05, 0) is 23.1 Å². The van der Waals surface area contributed by atoms with Crippen LogP contribution in [-0.2, 0) is 16.6 Å². The third-order valence-corrected chi connectivity index (χ3v) is 4.31. The number of nitrogen functional groups attached to an aromatic ring is 2. The first-order valence-electron chi connectivity index (χ1n) is 7.70. The van der Waals surface area contributed by atoms with Gasteiger partial charge in [0.15, 0.2) is 0 Å². The molecule has 1 aliphatic heterocycles. The number of amides is 1. The van der Waals surface area contributed by atoms with Crippen LogP contribution in [-0.4, -0.2) is 5.91 Å². The first kappa shape index (κ1) is 15.8. The number of benzene rings is 1. The molecular weight excluding hydrogens is 302 g/mol. The molecule has 6 nitrogen and oxygen atoms in total. The van der Waals surface area contributed by atoms with Crippen LogP contribution in [0.4, 0.5) is 23.0 Å². The van der Waals surface area contributed by atoms with Crippen molar-refractivity contribution in [2.45, 2.75) is 32.6 Å². The maximum Gasteiger partial charge on any atom is 0.292 e. The standard InChI is InChI=1S/C18H19N5O/c1-18(2,3)10-4-6-11(7-5-10)23-14(24)8-12-15(20)13(9-19)16(21)22-17(12)23/h4-7H,8H2,1-3H3,(H4,20,21,22)/p+1. The number of rotatable bonds is 1. The number of pyridine rings is 1. The fourth-order valence-corrected chi connectivity index (χ4v) is 2.92. The van der Waals surface area contributed by atoms with Crippen LogP contribution in [0.3, 0.4) is 0 Å². The van der Waals surface area contributed by atoms with Crippen LogP contribution >= 0.6 is 0 Å². The molecule has 0 fully saturated rings. The molecule has 0 spiro atoms. The number of nitrogens with one attached hydrogen (secondary N) is 1. The Kier molecular flexibility index (Phi) is 3.45. The van der Waals surface area contributed by atoms with Gasteiger partial charge in [-0.2, -0.15) is 10.2 Å². The Balaban J connectivity index is 2.10. The number of fused-ring (bicyclic) bond motifs is 1. The smallest absolute Gasteiger partial charge is 0.292 e. The van der Waals surface area contributed by atoms with Crippen molar-refractivity contribution in [2.24, 2.45) is 0 Å². The van der Waals surface area contributed by atoms with E-state index in [1.54, 1.807) is 4.90 Å². The molecule has 6 heteroatoms. The summed E-state index contributed by atoms with van der Waals surface area (Å²) in [4.78, 5) is 17.0. The third-order valence-electron chi connectivity index (χ3n) is 4.31. The van der Waals surface area contributed by atoms with Gasteiger partial charge in [0.25, 0.3) is 5.91 Å². The number of hydrogen-bond donors (Lipinski definition) is 2. The number of H-pyrrole nitrogens is 1. The summed E-state index contributed by atoms with van der Waals surface area (Å²) in [6.07, 6.45) is 0.146. The average Bonchev–Trinajstić information content (AvgIpc) is 2.83. The van der Waals surface area contributed by atoms with Gasteiger partial charge in [-0.1, -0.05) is 32.9 Å². The monoisotopic (exact) mass is 322 g/mol. The number of anilines is 4. The number of carbonyl (C=O) groups is 1. The predicted octanol–water partition coefficient (Wildman–Crippen LogP) is 2.06. The molecule has 0 saturated heterocycles. The Morgan fingerprint density at radius 3 is 2.38 bits per heavy atom. The highest BCUT2D eigenvalue weighted by atomic mass is 16.2. The summed E-state index contributed by atoms with van der Waals surface area (Å²) in [5, 5.41) is 9.16. The van der Waals surface area contributed by atoms with Gasteiger partial charge in [-0.3, -0.25) is 4.79 Å². The van der Waals surface area contributed by atoms with Crippen molar-refractivity contribution in [3.63, 3.8) is 0 Å². The minimum Gasteiger partial charge on any atom is -0.397 e. The van der Waals surface area contributed by atoms with Crippen LogP contribution < -0.4 is 21.4 Å². The van der Waals surface area contributed by atoms with Crippen LogP contribution in [0.5, 0.6) is 0 Å². The summed E-state index contributed by atoms with van der Waals surface area (Å²) in [7, 11) is 0. The summed E-state index contributed by atoms with van der Waals surface area (Å²) in [6.45, 7) is 6.41. The van der Waals surface area contributed by atoms with E-state index in [1.165, 1.54) is 5.56 Å². The lowest BCUT2D eigenvalue weighted by molar-refractivity contribution is -0.344. The van der Waals surface area contributed by atoms with E-state index in [9.17, 15) is 4.79 Å². The fourth-order valence-electron chi connectivity index (χ4n) is 2.92. The Morgan fingerprint density at radius 1 is 1.21 bits per heavy atom. The molecule has 24 heavy (non-hydrogen) atoms. The van der Waals surface area contributed by atoms with Crippen molar-refractivity contribution >= 4 is 28.9 Å². The van der Waals surface area contributed by atoms with E-state index in [0.717, 1.165) is 5.69 Å². The molecular formula is C18H20N5O+. The number of hydrogen-bond acceptors (Lipinski definition) is 4. The molecule has 0 unspecified atom stereocenters. The Morgan fingerprint density at radius 2 is 1.83 bits per heavy atom. The van der Waals surface area contributed by atoms with Crippen LogP contribution in [0.2, 0.25) is 0 Å². The lowest BCUT2D eigenvalue weighted by atomic mass is 9.87. The number of aromatic amines is 1. The second-order valence-electron chi connectivity index (χ2n) is 6.97. The van der Waals surface area contributed by atoms with Crippen molar-refractivity contribution in [1.29, 1.82) is 5.26 Å². The van der Waals surface area contributed by atoms with Gasteiger partial charge in [0.1, 0.15) is 17.3 Å². The Hall–Kier alpha value is -3.07. The predicted molar refractivity (Wildman–Crippen MR) is 92.5 cm³/mol. The molecule has 0 aliphatic carbocycles. The minimum absolute atomic E-state index is 0.0358. The molecule has 0 bridgehead atoms. The SMILES string of the molecule is CC(C)(C)c1ccc(N2C(=O)Cc3c2[nH+]c(N)c(C#N)c3N)cc1. The van der Waals surface area contributed by atoms with Crippen molar-refractivity contribution in [1.82, 2.24) is 0 Å². The zero-order valence-corrected chi connectivity index (χ0v) is 14.0. The van der Waals surface area contributed by atoms with Crippen LogP contribution in [0, 0.1) is 11.3 Å². The van der Waals surface area contributed by atoms with E-state index in [2.05, 4.69) is 25.8 Å². The van der Waals surface area contributed by atoms with Crippen molar-refractivity contribution in [3.05, 3.63) is 41.0 Å². The maximum absolute atomic E-state index is 12.5. The van der Waals surface area contributed by atoms with Crippen LogP contribution in [0.1, 0.15) is 37.5 Å². The number of aromatic nitrogens is 1. The highest BCUT2D eigenvalue weighted by Gasteiger charge is 2.38. The van der Waals surface area contributed by atoms with Gasteiger partial charge < -0.3 is 11.5 Å². The summed E-state index contributed by atoms with van der Waals surface area (Å²) in [6, 6.07) is 9.81. The molecule has 0 saturated carbocycles. The summed E-state index contributed by atoms with van der Waals surface area (Å²) in [5.41, 5.74) is 14.9. The number of nitriles is 1. The first-order valence-corrected chi connectivity index (χ1v) is 7.70. The largest absolute Gasteiger partial charge is 0.397 e. The van der Waals surface area contributed by atoms with Gasteiger partial charge in [0.05, 0.1) is 17.7 Å². The maximum atomic E-state index is 12.5. The highest BCUT2D eigenvalue weighted by Crippen LogP contribution is 2.37. The lowest BCUT2D eigenvalue weighted by Gasteiger charge is -2.20. The summed E-state index contributed by atoms with van der Waals surface area (Å²) < 4.78 is 0. The van der Waals surface area contributed by atoms with Gasteiger partial charge in [-0.25, -0.2) is 4.98 Å². The van der Waals surface area contributed by atoms with E-state index >= 15 is 0 Å². The van der Waals surface area contributed by atoms with E-state index < -0.39 is 0 Å². The second kappa shape index (κ2) is 5.24. The van der Waals surface area contributed by atoms with Crippen molar-refractivity contribution in [3.8, 4) is 6.07 Å². The average molecular weight is 322 g/mol. The normalized spacial score (nSPS) is 13.8. The third kappa shape index (κ3) is 2.35. The molecule has 0 atom stereocenters. The zero-order chi connectivity index (χ0) is 17.6. The van der Waals surface area contributed by atoms with Crippen LogP contribution in [0.15, 0.2) is 24.3 Å². The Bertz CT molecular complexity index is 872. The Labute approximate surface area is 140 Å². The van der Waals surface area contributed by atoms with Gasteiger partial charge >= 0.3 is 0 Å². The molecule has 1 aromatic carbocycles. The first-order chi connectivity index (χ1) is 11.2. The number of nitrogens with zero attached hydrogens (tertiary/aromatic N) is 2. The van der Waals surface area contributed by atoms with Gasteiger partial charge in [0.2, 0.25) is 11.6 Å². The molecule has 1 aromatic heterocycles. The minimum atomic E-state index is -0.106. The molecule has 1 amide bonds. The van der Waals surface area contributed by atoms with E-state index in [0.29, 0.717) is 11.4 Å². The molecule has 2 heterocycles.